The zero-order valence-electron chi connectivity index (χ0n) is 16.6. The molecule has 150 valence electrons. The molecule has 1 aliphatic rings. The van der Waals surface area contributed by atoms with Crippen LogP contribution in [0.4, 0.5) is 5.69 Å². The van der Waals surface area contributed by atoms with E-state index in [9.17, 15) is 9.90 Å². The molecule has 1 unspecified atom stereocenters. The van der Waals surface area contributed by atoms with E-state index in [4.69, 9.17) is 9.84 Å². The van der Waals surface area contributed by atoms with Gasteiger partial charge in [0.1, 0.15) is 5.75 Å². The number of carboxylic acid groups (broad SMARTS) is 1. The first-order valence-corrected chi connectivity index (χ1v) is 9.72. The molecule has 1 aliphatic heterocycles. The van der Waals surface area contributed by atoms with Gasteiger partial charge in [0.25, 0.3) is 0 Å². The third-order valence-electron chi connectivity index (χ3n) is 5.06. The van der Waals surface area contributed by atoms with Crippen LogP contribution >= 0.6 is 0 Å². The summed E-state index contributed by atoms with van der Waals surface area (Å²) in [7, 11) is 1.65. The lowest BCUT2D eigenvalue weighted by Gasteiger charge is -2.21. The number of methoxy groups -OCH3 is 1. The van der Waals surface area contributed by atoms with Crippen LogP contribution in [0, 0.1) is 0 Å². The Hall–Kier alpha value is -3.86. The molecule has 0 saturated heterocycles. The first kappa shape index (κ1) is 19.5. The Labute approximate surface area is 175 Å². The minimum Gasteiger partial charge on any atom is -0.497 e. The molecular formula is C25H22N2O3. The fraction of sp³-hybridized carbons (Fsp3) is 0.120. The van der Waals surface area contributed by atoms with Gasteiger partial charge in [0.2, 0.25) is 0 Å². The van der Waals surface area contributed by atoms with E-state index in [1.54, 1.807) is 31.4 Å². The van der Waals surface area contributed by atoms with Gasteiger partial charge in [0, 0.05) is 6.42 Å². The summed E-state index contributed by atoms with van der Waals surface area (Å²) in [6, 6.07) is 24.8. The van der Waals surface area contributed by atoms with E-state index in [-0.39, 0.29) is 11.6 Å². The maximum Gasteiger partial charge on any atom is 0.335 e. The molecule has 5 nitrogen and oxygen atoms in total. The second-order valence-electron chi connectivity index (χ2n) is 7.01. The highest BCUT2D eigenvalue weighted by Crippen LogP contribution is 2.29. The molecule has 1 N–H and O–H groups in total. The highest BCUT2D eigenvalue weighted by molar-refractivity contribution is 6.03. The van der Waals surface area contributed by atoms with Gasteiger partial charge in [-0.2, -0.15) is 5.10 Å². The highest BCUT2D eigenvalue weighted by atomic mass is 16.5. The monoisotopic (exact) mass is 398 g/mol. The number of hydrogen-bond donors (Lipinski definition) is 1. The van der Waals surface area contributed by atoms with Crippen LogP contribution in [-0.2, 0) is 0 Å². The number of rotatable bonds is 6. The number of anilines is 1. The molecule has 0 aliphatic carbocycles. The molecule has 0 fully saturated rings. The molecule has 3 aromatic carbocycles. The minimum atomic E-state index is -0.939. The Morgan fingerprint density at radius 3 is 2.37 bits per heavy atom. The van der Waals surface area contributed by atoms with Crippen LogP contribution in [0.15, 0.2) is 90.0 Å². The molecule has 0 radical (unpaired) electrons. The van der Waals surface area contributed by atoms with Crippen LogP contribution in [0.1, 0.15) is 27.9 Å². The van der Waals surface area contributed by atoms with E-state index in [0.29, 0.717) is 0 Å². The maximum atomic E-state index is 11.2. The molecule has 30 heavy (non-hydrogen) atoms. The summed E-state index contributed by atoms with van der Waals surface area (Å²) in [5.41, 5.74) is 4.25. The van der Waals surface area contributed by atoms with Crippen molar-refractivity contribution >= 4 is 23.4 Å². The number of aromatic carboxylic acids is 1. The summed E-state index contributed by atoms with van der Waals surface area (Å²) in [6.07, 6.45) is 4.98. The third kappa shape index (κ3) is 4.25. The fourth-order valence-corrected chi connectivity index (χ4v) is 3.43. The van der Waals surface area contributed by atoms with Crippen LogP contribution in [0.25, 0.3) is 6.08 Å². The standard InChI is InChI=1S/C25H22N2O3/c1-30-23-15-10-19(11-16-23)24-17-22(12-7-18-5-3-2-4-6-18)27(26-24)21-13-8-20(9-14-21)25(28)29/h2-16,22H,17H2,1H3,(H,28,29)/b12-7+. The summed E-state index contributed by atoms with van der Waals surface area (Å²) in [5, 5.41) is 16.0. The van der Waals surface area contributed by atoms with Gasteiger partial charge in [0.15, 0.2) is 0 Å². The van der Waals surface area contributed by atoms with E-state index >= 15 is 0 Å². The summed E-state index contributed by atoms with van der Waals surface area (Å²) in [6.45, 7) is 0. The number of ether oxygens (including phenoxy) is 1. The summed E-state index contributed by atoms with van der Waals surface area (Å²) in [4.78, 5) is 11.2. The first-order chi connectivity index (χ1) is 14.6. The van der Waals surface area contributed by atoms with Gasteiger partial charge in [-0.15, -0.1) is 0 Å². The van der Waals surface area contributed by atoms with Gasteiger partial charge in [-0.25, -0.2) is 4.79 Å². The van der Waals surface area contributed by atoms with E-state index in [1.807, 2.05) is 47.5 Å². The minimum absolute atomic E-state index is 0.0259. The predicted octanol–water partition coefficient (Wildman–Crippen LogP) is 5.09. The van der Waals surface area contributed by atoms with Crippen molar-refractivity contribution in [3.05, 3.63) is 102 Å². The SMILES string of the molecule is COc1ccc(C2=NN(c3ccc(C(=O)O)cc3)C(/C=C/c3ccccc3)C2)cc1. The van der Waals surface area contributed by atoms with E-state index in [2.05, 4.69) is 24.3 Å². The number of nitrogens with zero attached hydrogens (tertiary/aromatic N) is 2. The summed E-state index contributed by atoms with van der Waals surface area (Å²) in [5.74, 6) is -0.134. The number of hydrogen-bond acceptors (Lipinski definition) is 4. The molecule has 0 saturated carbocycles. The van der Waals surface area contributed by atoms with Gasteiger partial charge in [-0.1, -0.05) is 42.5 Å². The van der Waals surface area contributed by atoms with Crippen molar-refractivity contribution in [2.75, 3.05) is 12.1 Å². The van der Waals surface area contributed by atoms with Crippen LogP contribution in [0.5, 0.6) is 5.75 Å². The third-order valence-corrected chi connectivity index (χ3v) is 5.06. The molecule has 0 amide bonds. The Morgan fingerprint density at radius 2 is 1.73 bits per heavy atom. The molecule has 0 bridgehead atoms. The van der Waals surface area contributed by atoms with Crippen LogP contribution in [0.2, 0.25) is 0 Å². The number of hydrazone groups is 1. The van der Waals surface area contributed by atoms with Crippen molar-refractivity contribution in [1.82, 2.24) is 0 Å². The second-order valence-corrected chi connectivity index (χ2v) is 7.01. The lowest BCUT2D eigenvalue weighted by Crippen LogP contribution is -2.24. The average molecular weight is 398 g/mol. The van der Waals surface area contributed by atoms with Crippen molar-refractivity contribution in [3.63, 3.8) is 0 Å². The van der Waals surface area contributed by atoms with Crippen molar-refractivity contribution in [3.8, 4) is 5.75 Å². The smallest absolute Gasteiger partial charge is 0.335 e. The van der Waals surface area contributed by atoms with Gasteiger partial charge in [-0.3, -0.25) is 5.01 Å². The Bertz CT molecular complexity index is 1070. The molecule has 3 aromatic rings. The zero-order chi connectivity index (χ0) is 20.9. The summed E-state index contributed by atoms with van der Waals surface area (Å²) >= 11 is 0. The normalized spacial score (nSPS) is 16.0. The summed E-state index contributed by atoms with van der Waals surface area (Å²) < 4.78 is 5.25. The van der Waals surface area contributed by atoms with Crippen molar-refractivity contribution < 1.29 is 14.6 Å². The quantitative estimate of drug-likeness (QED) is 0.628. The molecule has 0 aromatic heterocycles. The largest absolute Gasteiger partial charge is 0.497 e. The van der Waals surface area contributed by atoms with Crippen LogP contribution < -0.4 is 9.75 Å². The molecular weight excluding hydrogens is 376 g/mol. The highest BCUT2D eigenvalue weighted by Gasteiger charge is 2.26. The van der Waals surface area contributed by atoms with E-state index in [0.717, 1.165) is 34.7 Å². The van der Waals surface area contributed by atoms with Crippen molar-refractivity contribution in [2.24, 2.45) is 5.10 Å². The van der Waals surface area contributed by atoms with Gasteiger partial charge in [0.05, 0.1) is 30.1 Å². The van der Waals surface area contributed by atoms with Gasteiger partial charge < -0.3 is 9.84 Å². The molecule has 1 heterocycles. The Morgan fingerprint density at radius 1 is 1.03 bits per heavy atom. The molecule has 1 atom stereocenters. The Kier molecular flexibility index (Phi) is 5.61. The number of carboxylic acids is 1. The molecule has 4 rings (SSSR count). The average Bonchev–Trinajstić information content (AvgIpc) is 3.23. The lowest BCUT2D eigenvalue weighted by molar-refractivity contribution is 0.0697. The molecule has 0 spiro atoms. The maximum absolute atomic E-state index is 11.2. The van der Waals surface area contributed by atoms with Crippen LogP contribution in [0.3, 0.4) is 0 Å². The van der Waals surface area contributed by atoms with Crippen LogP contribution in [-0.4, -0.2) is 29.9 Å². The predicted molar refractivity (Wildman–Crippen MR) is 119 cm³/mol. The lowest BCUT2D eigenvalue weighted by atomic mass is 10.0. The van der Waals surface area contributed by atoms with Crippen molar-refractivity contribution in [1.29, 1.82) is 0 Å². The Balaban J connectivity index is 1.65. The second kappa shape index (κ2) is 8.66. The van der Waals surface area contributed by atoms with E-state index < -0.39 is 5.97 Å². The zero-order valence-corrected chi connectivity index (χ0v) is 16.6. The topological polar surface area (TPSA) is 62.1 Å². The van der Waals surface area contributed by atoms with Crippen molar-refractivity contribution in [2.45, 2.75) is 12.5 Å². The first-order valence-electron chi connectivity index (χ1n) is 9.72. The number of carbonyl (C=O) groups is 1. The fourth-order valence-electron chi connectivity index (χ4n) is 3.43. The van der Waals surface area contributed by atoms with E-state index in [1.165, 1.54) is 0 Å². The number of benzene rings is 3. The van der Waals surface area contributed by atoms with Gasteiger partial charge >= 0.3 is 5.97 Å². The van der Waals surface area contributed by atoms with Gasteiger partial charge in [-0.05, 0) is 59.7 Å². The molecule has 5 heteroatoms.